The molecule has 0 spiro atoms. The van der Waals surface area contributed by atoms with Crippen LogP contribution in [0.25, 0.3) is 6.08 Å². The first-order valence-electron chi connectivity index (χ1n) is 9.31. The number of rotatable bonds is 7. The third-order valence-corrected chi connectivity index (χ3v) is 4.55. The van der Waals surface area contributed by atoms with E-state index in [-0.39, 0.29) is 11.4 Å². The number of nitrogens with zero attached hydrogens (tertiary/aromatic N) is 2. The number of esters is 1. The van der Waals surface area contributed by atoms with Crippen molar-refractivity contribution in [1.82, 2.24) is 0 Å². The monoisotopic (exact) mass is 432 g/mol. The molecule has 1 aliphatic heterocycles. The lowest BCUT2D eigenvalue weighted by molar-refractivity contribution is -0.384. The molecule has 0 radical (unpaired) electrons. The summed E-state index contributed by atoms with van der Waals surface area (Å²) in [6.07, 6.45) is 3.78. The van der Waals surface area contributed by atoms with Gasteiger partial charge in [0.2, 0.25) is 0 Å². The predicted molar refractivity (Wildman–Crippen MR) is 107 cm³/mol. The van der Waals surface area contributed by atoms with E-state index < -0.39 is 30.0 Å². The molecule has 0 atom stereocenters. The highest BCUT2D eigenvalue weighted by Gasteiger charge is 2.24. The Bertz CT molecular complexity index is 1010. The zero-order valence-electron chi connectivity index (χ0n) is 16.2. The van der Waals surface area contributed by atoms with Gasteiger partial charge in [0, 0.05) is 30.4 Å². The summed E-state index contributed by atoms with van der Waals surface area (Å²) >= 11 is 0. The molecule has 8 nitrogen and oxygen atoms in total. The Balaban J connectivity index is 1.55. The van der Waals surface area contributed by atoms with E-state index in [1.54, 1.807) is 0 Å². The van der Waals surface area contributed by atoms with Crippen LogP contribution in [0, 0.1) is 10.1 Å². The number of carbonyl (C=O) groups is 2. The molecule has 0 aromatic heterocycles. The Morgan fingerprint density at radius 1 is 1.19 bits per heavy atom. The average molecular weight is 432 g/mol. The maximum atomic E-state index is 12.5. The number of ether oxygens (including phenoxy) is 2. The molecule has 0 fully saturated rings. The molecule has 31 heavy (non-hydrogen) atoms. The summed E-state index contributed by atoms with van der Waals surface area (Å²) < 4.78 is 33.5. The van der Waals surface area contributed by atoms with Crippen LogP contribution in [0.4, 0.5) is 20.2 Å². The van der Waals surface area contributed by atoms with E-state index in [2.05, 4.69) is 4.74 Å². The first kappa shape index (κ1) is 21.9. The van der Waals surface area contributed by atoms with E-state index in [9.17, 15) is 28.5 Å². The van der Waals surface area contributed by atoms with Gasteiger partial charge in [-0.15, -0.1) is 0 Å². The molecule has 162 valence electrons. The fourth-order valence-corrected chi connectivity index (χ4v) is 3.14. The quantitative estimate of drug-likeness (QED) is 0.286. The molecule has 0 N–H and O–H groups in total. The molecule has 0 aliphatic carbocycles. The fraction of sp³-hybridized carbons (Fsp3) is 0.238. The highest BCUT2D eigenvalue weighted by Crippen LogP contribution is 2.30. The third-order valence-electron chi connectivity index (χ3n) is 4.55. The lowest BCUT2D eigenvalue weighted by atomic mass is 10.0. The van der Waals surface area contributed by atoms with Crippen molar-refractivity contribution in [1.29, 1.82) is 0 Å². The number of nitro groups is 1. The Kier molecular flexibility index (Phi) is 6.91. The lowest BCUT2D eigenvalue weighted by Gasteiger charge is -2.29. The van der Waals surface area contributed by atoms with Crippen LogP contribution in [0.3, 0.4) is 0 Å². The summed E-state index contributed by atoms with van der Waals surface area (Å²) in [6, 6.07) is 9.93. The van der Waals surface area contributed by atoms with Gasteiger partial charge in [-0.1, -0.05) is 12.1 Å². The number of hydrogen-bond acceptors (Lipinski definition) is 6. The topological polar surface area (TPSA) is 99.0 Å². The zero-order valence-corrected chi connectivity index (χ0v) is 16.2. The number of anilines is 1. The highest BCUT2D eigenvalue weighted by molar-refractivity contribution is 5.97. The standard InChI is InChI=1S/C21H18F2N2O6/c22-21(23)31-17-7-3-14(4-8-17)5-10-20(27)30-13-19(26)24-11-1-2-15-12-16(25(28)29)6-9-18(15)24/h3-10,12,21H,1-2,11,13H2/b10-5+. The van der Waals surface area contributed by atoms with Gasteiger partial charge in [0.05, 0.1) is 4.92 Å². The van der Waals surface area contributed by atoms with E-state index in [1.807, 2.05) is 0 Å². The van der Waals surface area contributed by atoms with E-state index in [1.165, 1.54) is 53.4 Å². The van der Waals surface area contributed by atoms with Gasteiger partial charge in [-0.2, -0.15) is 8.78 Å². The van der Waals surface area contributed by atoms with Crippen molar-refractivity contribution < 1.29 is 32.8 Å². The summed E-state index contributed by atoms with van der Waals surface area (Å²) in [5.74, 6) is -1.19. The van der Waals surface area contributed by atoms with Crippen LogP contribution < -0.4 is 9.64 Å². The molecule has 3 rings (SSSR count). The SMILES string of the molecule is O=C(/C=C/c1ccc(OC(F)F)cc1)OCC(=O)N1CCCc2cc([N+](=O)[O-])ccc21. The number of amides is 1. The number of aryl methyl sites for hydroxylation is 1. The van der Waals surface area contributed by atoms with Crippen molar-refractivity contribution in [3.8, 4) is 5.75 Å². The van der Waals surface area contributed by atoms with Gasteiger partial charge in [0.1, 0.15) is 5.75 Å². The van der Waals surface area contributed by atoms with Gasteiger partial charge in [0.25, 0.3) is 11.6 Å². The fourth-order valence-electron chi connectivity index (χ4n) is 3.14. The zero-order chi connectivity index (χ0) is 22.4. The lowest BCUT2D eigenvalue weighted by Crippen LogP contribution is -2.38. The molecule has 0 saturated carbocycles. The largest absolute Gasteiger partial charge is 0.452 e. The van der Waals surface area contributed by atoms with Crippen LogP contribution >= 0.6 is 0 Å². The van der Waals surface area contributed by atoms with Crippen LogP contribution in [-0.4, -0.2) is 36.6 Å². The van der Waals surface area contributed by atoms with Crippen LogP contribution in [0.5, 0.6) is 5.75 Å². The predicted octanol–water partition coefficient (Wildman–Crippen LogP) is 3.73. The van der Waals surface area contributed by atoms with Crippen molar-refractivity contribution in [3.05, 3.63) is 69.8 Å². The molecular weight excluding hydrogens is 414 g/mol. The Hall–Kier alpha value is -3.82. The van der Waals surface area contributed by atoms with Gasteiger partial charge in [-0.05, 0) is 48.2 Å². The Labute approximate surface area is 175 Å². The van der Waals surface area contributed by atoms with E-state index >= 15 is 0 Å². The van der Waals surface area contributed by atoms with Gasteiger partial charge < -0.3 is 14.4 Å². The second kappa shape index (κ2) is 9.79. The summed E-state index contributed by atoms with van der Waals surface area (Å²) in [7, 11) is 0. The first-order valence-corrected chi connectivity index (χ1v) is 9.31. The number of alkyl halides is 2. The van der Waals surface area contributed by atoms with Crippen molar-refractivity contribution in [2.75, 3.05) is 18.1 Å². The van der Waals surface area contributed by atoms with Gasteiger partial charge >= 0.3 is 12.6 Å². The summed E-state index contributed by atoms with van der Waals surface area (Å²) in [6.45, 7) is -2.99. The molecule has 2 aromatic carbocycles. The van der Waals surface area contributed by atoms with E-state index in [4.69, 9.17) is 4.74 Å². The number of fused-ring (bicyclic) bond motifs is 1. The van der Waals surface area contributed by atoms with Crippen molar-refractivity contribution in [2.24, 2.45) is 0 Å². The number of halogens is 2. The minimum absolute atomic E-state index is 0.00697. The van der Waals surface area contributed by atoms with Crippen LogP contribution in [0.15, 0.2) is 48.5 Å². The molecule has 0 saturated heterocycles. The maximum absolute atomic E-state index is 12.5. The number of non-ortho nitro benzene ring substituents is 1. The van der Waals surface area contributed by atoms with Gasteiger partial charge in [-0.3, -0.25) is 14.9 Å². The summed E-state index contributed by atoms with van der Waals surface area (Å²) in [5, 5.41) is 10.9. The van der Waals surface area contributed by atoms with Crippen LogP contribution in [0.2, 0.25) is 0 Å². The molecule has 1 aliphatic rings. The molecule has 10 heteroatoms. The molecule has 1 heterocycles. The Morgan fingerprint density at radius 3 is 2.61 bits per heavy atom. The number of benzene rings is 2. The second-order valence-electron chi connectivity index (χ2n) is 6.61. The van der Waals surface area contributed by atoms with E-state index in [0.717, 1.165) is 6.08 Å². The third kappa shape index (κ3) is 5.84. The van der Waals surface area contributed by atoms with Crippen LogP contribution in [-0.2, 0) is 20.7 Å². The summed E-state index contributed by atoms with van der Waals surface area (Å²) in [4.78, 5) is 36.3. The normalized spacial score (nSPS) is 13.2. The number of hydrogen-bond donors (Lipinski definition) is 0. The minimum Gasteiger partial charge on any atom is -0.452 e. The second-order valence-corrected chi connectivity index (χ2v) is 6.61. The minimum atomic E-state index is -2.92. The average Bonchev–Trinajstić information content (AvgIpc) is 2.75. The number of carbonyl (C=O) groups excluding carboxylic acids is 2. The molecular formula is C21H18F2N2O6. The smallest absolute Gasteiger partial charge is 0.387 e. The molecule has 2 aromatic rings. The maximum Gasteiger partial charge on any atom is 0.387 e. The van der Waals surface area contributed by atoms with E-state index in [0.29, 0.717) is 36.2 Å². The summed E-state index contributed by atoms with van der Waals surface area (Å²) in [5.41, 5.74) is 1.77. The Morgan fingerprint density at radius 2 is 1.94 bits per heavy atom. The first-order chi connectivity index (χ1) is 14.8. The van der Waals surface area contributed by atoms with Crippen LogP contribution in [0.1, 0.15) is 17.5 Å². The van der Waals surface area contributed by atoms with Crippen molar-refractivity contribution in [3.63, 3.8) is 0 Å². The van der Waals surface area contributed by atoms with Gasteiger partial charge in [0.15, 0.2) is 6.61 Å². The number of nitro benzene ring substituents is 1. The molecule has 0 bridgehead atoms. The molecule has 1 amide bonds. The highest BCUT2D eigenvalue weighted by atomic mass is 19.3. The molecule has 0 unspecified atom stereocenters. The van der Waals surface area contributed by atoms with Gasteiger partial charge in [-0.25, -0.2) is 4.79 Å². The van der Waals surface area contributed by atoms with Crippen molar-refractivity contribution >= 4 is 29.3 Å². The van der Waals surface area contributed by atoms with Crippen molar-refractivity contribution in [2.45, 2.75) is 19.5 Å².